The Kier molecular flexibility index (Phi) is 10.4. The first kappa shape index (κ1) is 43.6. The second-order valence-corrected chi connectivity index (χ2v) is 24.3. The quantitative estimate of drug-likeness (QED) is 0.129. The summed E-state index contributed by atoms with van der Waals surface area (Å²) in [5, 5.41) is 0. The number of anilines is 12. The summed E-state index contributed by atoms with van der Waals surface area (Å²) in [4.78, 5) is 11.0. The molecule has 4 heterocycles. The predicted molar refractivity (Wildman–Crippen MR) is 295 cm³/mol. The lowest BCUT2D eigenvalue weighted by atomic mass is 10.2. The van der Waals surface area contributed by atoms with Gasteiger partial charge in [0.2, 0.25) is 5.57 Å². The lowest BCUT2D eigenvalue weighted by Gasteiger charge is -2.36. The first-order chi connectivity index (χ1) is 35.4. The van der Waals surface area contributed by atoms with Gasteiger partial charge in [-0.2, -0.15) is 0 Å². The average Bonchev–Trinajstić information content (AvgIpc) is 4.00. The van der Waals surface area contributed by atoms with Crippen LogP contribution in [0.4, 0.5) is 68.2 Å². The van der Waals surface area contributed by atoms with Gasteiger partial charge in [-0.1, -0.05) is 146 Å². The van der Waals surface area contributed by atoms with E-state index in [0.717, 1.165) is 0 Å². The Hall–Kier alpha value is -8.45. The van der Waals surface area contributed by atoms with Crippen molar-refractivity contribution in [1.82, 2.24) is 9.97 Å². The van der Waals surface area contributed by atoms with Gasteiger partial charge in [-0.3, -0.25) is 41.7 Å². The molecule has 0 spiro atoms. The maximum atomic E-state index is 17.8. The molecular weight excluding hydrogens is 950 g/mol. The molecule has 348 valence electrons. The summed E-state index contributed by atoms with van der Waals surface area (Å²) in [5.41, 5.74) is 7.71. The normalized spacial score (nSPS) is 15.8. The third kappa shape index (κ3) is 6.48. The molecule has 72 heavy (non-hydrogen) atoms. The smallest absolute Gasteiger partial charge is 0.269 e. The van der Waals surface area contributed by atoms with E-state index >= 15 is 13.7 Å². The minimum absolute atomic E-state index is 0.0332. The van der Waals surface area contributed by atoms with E-state index in [1.54, 1.807) is 6.07 Å². The van der Waals surface area contributed by atoms with Crippen LogP contribution >= 0.6 is 22.3 Å². The van der Waals surface area contributed by atoms with Crippen molar-refractivity contribution < 1.29 is 13.7 Å². The maximum Gasteiger partial charge on any atom is 0.338 e. The van der Waals surface area contributed by atoms with Gasteiger partial charge in [-0.05, 0) is 109 Å². The third-order valence-electron chi connectivity index (χ3n) is 13.2. The van der Waals surface area contributed by atoms with Crippen LogP contribution < -0.4 is 44.5 Å². The molecule has 0 bridgehead atoms. The maximum absolute atomic E-state index is 17.8. The molecular formula is C58H43N8O3P3. The number of nitrogens with zero attached hydrogens (tertiary/aromatic N) is 8. The second kappa shape index (κ2) is 17.1. The zero-order valence-corrected chi connectivity index (χ0v) is 41.2. The Morgan fingerprint density at radius 1 is 0.236 bits per heavy atom. The van der Waals surface area contributed by atoms with Crippen molar-refractivity contribution in [2.45, 2.75) is 0 Å². The van der Waals surface area contributed by atoms with E-state index in [4.69, 9.17) is 9.97 Å². The summed E-state index contributed by atoms with van der Waals surface area (Å²) in [6.45, 7) is 0. The summed E-state index contributed by atoms with van der Waals surface area (Å²) in [7, 11) is -13.2. The number of hydrogen-bond acceptors (Lipinski definition) is 5. The molecule has 0 atom stereocenters. The van der Waals surface area contributed by atoms with Gasteiger partial charge in [0.15, 0.2) is 0 Å². The van der Waals surface area contributed by atoms with Gasteiger partial charge < -0.3 is 0 Å². The Morgan fingerprint density at radius 2 is 0.417 bits per heavy atom. The monoisotopic (exact) mass is 992 g/mol. The van der Waals surface area contributed by atoms with E-state index in [0.29, 0.717) is 68.2 Å². The first-order valence-electron chi connectivity index (χ1n) is 23.5. The highest BCUT2D eigenvalue weighted by molar-refractivity contribution is 7.78. The lowest BCUT2D eigenvalue weighted by molar-refractivity contribution is 0.581. The van der Waals surface area contributed by atoms with Crippen LogP contribution in [0.25, 0.3) is 0 Å². The summed E-state index contributed by atoms with van der Waals surface area (Å²) >= 11 is 0. The van der Waals surface area contributed by atoms with E-state index < -0.39 is 22.3 Å². The van der Waals surface area contributed by atoms with E-state index in [1.165, 1.54) is 0 Å². The Morgan fingerprint density at radius 3 is 0.625 bits per heavy atom. The van der Waals surface area contributed by atoms with Gasteiger partial charge in [0.1, 0.15) is 10.9 Å². The van der Waals surface area contributed by atoms with Gasteiger partial charge in [0, 0.05) is 40.2 Å². The number of hydrogen-bond donors (Lipinski definition) is 0. The number of benzene rings is 9. The molecule has 9 aromatic carbocycles. The van der Waals surface area contributed by atoms with Crippen LogP contribution in [0.3, 0.4) is 0 Å². The standard InChI is InChI=1S/C58H43N8O3P3/c67-70(61(44-25-7-1-8-26-44)50-37-19-20-38-51(50)62(70)45-27-9-2-10-28-45)56-43-57(71(68)63(46-29-11-3-12-30-46)52-39-21-22-40-53(52)64(71)47-31-13-4-14-32-47)60-58(59-56)72(69)65(48-33-15-5-16-34-48)54-41-23-24-42-55(54)66(72)49-35-17-6-18-36-49/h1-43H. The van der Waals surface area contributed by atoms with Gasteiger partial charge in [-0.15, -0.1) is 0 Å². The van der Waals surface area contributed by atoms with Crippen molar-refractivity contribution >= 4 is 107 Å². The van der Waals surface area contributed by atoms with Crippen LogP contribution in [0.2, 0.25) is 0 Å². The Balaban J connectivity index is 1.19. The molecule has 0 unspecified atom stereocenters. The second-order valence-electron chi connectivity index (χ2n) is 17.4. The third-order valence-corrected chi connectivity index (χ3v) is 21.5. The fourth-order valence-electron chi connectivity index (χ4n) is 10.2. The van der Waals surface area contributed by atoms with Crippen LogP contribution in [-0.2, 0) is 13.7 Å². The van der Waals surface area contributed by atoms with Crippen molar-refractivity contribution in [3.05, 3.63) is 261 Å². The van der Waals surface area contributed by atoms with Crippen molar-refractivity contribution in [1.29, 1.82) is 0 Å². The van der Waals surface area contributed by atoms with Crippen LogP contribution in [-0.4, -0.2) is 9.97 Å². The van der Waals surface area contributed by atoms with Crippen molar-refractivity contribution in [2.75, 3.05) is 28.0 Å². The fraction of sp³-hybridized carbons (Fsp3) is 0. The molecule has 0 aliphatic carbocycles. The van der Waals surface area contributed by atoms with Gasteiger partial charge in [-0.25, -0.2) is 9.97 Å². The number of fused-ring (bicyclic) bond motifs is 3. The van der Waals surface area contributed by atoms with Gasteiger partial charge >= 0.3 is 22.3 Å². The highest BCUT2D eigenvalue weighted by atomic mass is 31.2. The number of rotatable bonds is 9. The highest BCUT2D eigenvalue weighted by Gasteiger charge is 2.57. The number of aromatic nitrogens is 2. The zero-order valence-electron chi connectivity index (χ0n) is 38.5. The van der Waals surface area contributed by atoms with Crippen molar-refractivity contribution in [3.63, 3.8) is 0 Å². The molecule has 0 fully saturated rings. The molecule has 10 aromatic rings. The van der Waals surface area contributed by atoms with E-state index in [2.05, 4.69) is 0 Å². The molecule has 3 aliphatic heterocycles. The molecule has 14 heteroatoms. The van der Waals surface area contributed by atoms with Crippen LogP contribution in [0.15, 0.2) is 261 Å². The molecule has 0 N–H and O–H groups in total. The van der Waals surface area contributed by atoms with E-state index in [1.807, 2.05) is 283 Å². The minimum atomic E-state index is -4.45. The molecule has 0 saturated carbocycles. The molecule has 0 saturated heterocycles. The first-order valence-corrected chi connectivity index (χ1v) is 28.4. The molecule has 0 radical (unpaired) electrons. The molecule has 1 aromatic heterocycles. The summed E-state index contributed by atoms with van der Waals surface area (Å²) in [5.74, 6) is 0. The van der Waals surface area contributed by atoms with Gasteiger partial charge in [0.25, 0.3) is 0 Å². The van der Waals surface area contributed by atoms with Crippen LogP contribution in [0.1, 0.15) is 0 Å². The topological polar surface area (TPSA) is 96.4 Å². The predicted octanol–water partition coefficient (Wildman–Crippen LogP) is 14.9. The average molecular weight is 993 g/mol. The Labute approximate surface area is 417 Å². The van der Waals surface area contributed by atoms with E-state index in [-0.39, 0.29) is 16.4 Å². The Bertz CT molecular complexity index is 3190. The van der Waals surface area contributed by atoms with Gasteiger partial charge in [0.05, 0.1) is 34.1 Å². The molecule has 11 nitrogen and oxygen atoms in total. The molecule has 3 aliphatic rings. The number of para-hydroxylation sites is 12. The highest BCUT2D eigenvalue weighted by Crippen LogP contribution is 2.74. The SMILES string of the molecule is O=P1(c2cc(P3(=O)N(c4ccccc4)c4ccccc4N3c3ccccc3)nc(P3(=O)N(c4ccccc4)c4ccccc4N3c3ccccc3)n2)N(c2ccccc2)c2ccccc2N1c1ccccc1. The molecule has 13 rings (SSSR count). The summed E-state index contributed by atoms with van der Waals surface area (Å²) < 4.78 is 64.5. The summed E-state index contributed by atoms with van der Waals surface area (Å²) in [6.07, 6.45) is 0. The van der Waals surface area contributed by atoms with Crippen LogP contribution in [0.5, 0.6) is 0 Å². The zero-order chi connectivity index (χ0) is 48.4. The largest absolute Gasteiger partial charge is 0.338 e. The lowest BCUT2D eigenvalue weighted by Crippen LogP contribution is -2.42. The van der Waals surface area contributed by atoms with Crippen molar-refractivity contribution in [2.24, 2.45) is 0 Å². The van der Waals surface area contributed by atoms with E-state index in [9.17, 15) is 0 Å². The van der Waals surface area contributed by atoms with Crippen LogP contribution in [0, 0.1) is 0 Å². The minimum Gasteiger partial charge on any atom is -0.269 e. The molecule has 0 amide bonds. The fourth-order valence-corrected chi connectivity index (χ4v) is 19.2. The van der Waals surface area contributed by atoms with Crippen molar-refractivity contribution in [3.8, 4) is 0 Å². The summed E-state index contributed by atoms with van der Waals surface area (Å²) in [6, 6.07) is 82.4.